The van der Waals surface area contributed by atoms with Crippen molar-refractivity contribution in [2.45, 2.75) is 12.6 Å². The van der Waals surface area contributed by atoms with Crippen LogP contribution in [-0.4, -0.2) is 38.6 Å². The smallest absolute Gasteiger partial charge is 0.251 e. The predicted octanol–water partition coefficient (Wildman–Crippen LogP) is 2.61. The molecule has 9 nitrogen and oxygen atoms in total. The number of primary amides is 1. The number of para-hydroxylation sites is 2. The van der Waals surface area contributed by atoms with E-state index < -0.39 is 5.91 Å². The molecular weight excluding hydrogens is 420 g/mol. The van der Waals surface area contributed by atoms with E-state index in [0.29, 0.717) is 35.0 Å². The van der Waals surface area contributed by atoms with Crippen molar-refractivity contribution in [3.05, 3.63) is 90.0 Å². The number of nitrogens with two attached hydrogens (primary N) is 1. The van der Waals surface area contributed by atoms with Crippen molar-refractivity contribution >= 4 is 17.5 Å². The highest BCUT2D eigenvalue weighted by atomic mass is 16.5. The van der Waals surface area contributed by atoms with Crippen molar-refractivity contribution in [1.29, 1.82) is 0 Å². The number of hydrogen-bond donors (Lipinski definition) is 1. The SMILES string of the molecule is NC(=O)c1ccc(-c2nnn(CC(=O)N3c4ccccc4OC[C@H]3c3ccccc3)n2)cc1. The second-order valence-corrected chi connectivity index (χ2v) is 7.55. The van der Waals surface area contributed by atoms with E-state index in [-0.39, 0.29) is 18.5 Å². The highest BCUT2D eigenvalue weighted by Gasteiger charge is 2.33. The Morgan fingerprint density at radius 3 is 2.45 bits per heavy atom. The summed E-state index contributed by atoms with van der Waals surface area (Å²) >= 11 is 0. The van der Waals surface area contributed by atoms with Crippen LogP contribution in [0.3, 0.4) is 0 Å². The second kappa shape index (κ2) is 8.54. The number of carbonyl (C=O) groups is 2. The van der Waals surface area contributed by atoms with Gasteiger partial charge in [-0.25, -0.2) is 0 Å². The first-order valence-corrected chi connectivity index (χ1v) is 10.4. The zero-order valence-electron chi connectivity index (χ0n) is 17.5. The first-order chi connectivity index (χ1) is 16.1. The number of tetrazole rings is 1. The van der Waals surface area contributed by atoms with Gasteiger partial charge in [0.1, 0.15) is 18.9 Å². The third-order valence-corrected chi connectivity index (χ3v) is 5.44. The number of hydrogen-bond acceptors (Lipinski definition) is 6. The molecule has 1 aliphatic rings. The summed E-state index contributed by atoms with van der Waals surface area (Å²) in [5, 5.41) is 12.4. The lowest BCUT2D eigenvalue weighted by atomic mass is 10.0. The summed E-state index contributed by atoms with van der Waals surface area (Å²) in [6.07, 6.45) is 0. The van der Waals surface area contributed by atoms with E-state index in [4.69, 9.17) is 10.5 Å². The summed E-state index contributed by atoms with van der Waals surface area (Å²) in [5.74, 6) is 0.302. The first kappa shape index (κ1) is 20.4. The molecular formula is C24H20N6O3. The highest BCUT2D eigenvalue weighted by molar-refractivity contribution is 5.96. The van der Waals surface area contributed by atoms with Crippen LogP contribution >= 0.6 is 0 Å². The Kier molecular flexibility index (Phi) is 5.27. The molecule has 9 heteroatoms. The van der Waals surface area contributed by atoms with Crippen LogP contribution < -0.4 is 15.4 Å². The van der Waals surface area contributed by atoms with Gasteiger partial charge in [-0.2, -0.15) is 4.80 Å². The number of fused-ring (bicyclic) bond motifs is 1. The number of anilines is 1. The van der Waals surface area contributed by atoms with Gasteiger partial charge < -0.3 is 10.5 Å². The molecule has 3 aromatic carbocycles. The van der Waals surface area contributed by atoms with Crippen LogP contribution in [0.1, 0.15) is 22.0 Å². The van der Waals surface area contributed by atoms with Crippen LogP contribution in [0.2, 0.25) is 0 Å². The van der Waals surface area contributed by atoms with Gasteiger partial charge in [-0.3, -0.25) is 14.5 Å². The molecule has 0 radical (unpaired) electrons. The van der Waals surface area contributed by atoms with Crippen molar-refractivity contribution in [1.82, 2.24) is 20.2 Å². The van der Waals surface area contributed by atoms with Crippen molar-refractivity contribution in [3.63, 3.8) is 0 Å². The summed E-state index contributed by atoms with van der Waals surface area (Å²) in [4.78, 5) is 27.7. The average Bonchev–Trinajstić information content (AvgIpc) is 3.32. The number of ether oxygens (including phenoxy) is 1. The fraction of sp³-hybridized carbons (Fsp3) is 0.125. The van der Waals surface area contributed by atoms with Gasteiger partial charge in [0.05, 0.1) is 11.7 Å². The monoisotopic (exact) mass is 440 g/mol. The zero-order chi connectivity index (χ0) is 22.8. The molecule has 0 aliphatic carbocycles. The van der Waals surface area contributed by atoms with E-state index in [1.54, 1.807) is 29.2 Å². The molecule has 1 aliphatic heterocycles. The lowest BCUT2D eigenvalue weighted by Gasteiger charge is -2.37. The second-order valence-electron chi connectivity index (χ2n) is 7.55. The molecule has 0 saturated heterocycles. The summed E-state index contributed by atoms with van der Waals surface area (Å²) < 4.78 is 5.93. The average molecular weight is 440 g/mol. The predicted molar refractivity (Wildman–Crippen MR) is 120 cm³/mol. The Hall–Kier alpha value is -4.53. The maximum absolute atomic E-state index is 13.5. The standard InChI is InChI=1S/C24H20N6O3/c25-23(32)17-10-12-18(13-11-17)24-26-28-29(27-24)14-22(31)30-19-8-4-5-9-21(19)33-15-20(30)16-6-2-1-3-7-16/h1-13,20H,14-15H2,(H2,25,32)/t20-/m0/s1. The van der Waals surface area contributed by atoms with Crippen LogP contribution in [0.4, 0.5) is 5.69 Å². The number of benzene rings is 3. The van der Waals surface area contributed by atoms with Crippen LogP contribution in [-0.2, 0) is 11.3 Å². The molecule has 0 fully saturated rings. The van der Waals surface area contributed by atoms with Gasteiger partial charge in [-0.1, -0.05) is 54.6 Å². The molecule has 5 rings (SSSR count). The third kappa shape index (κ3) is 4.03. The van der Waals surface area contributed by atoms with E-state index in [1.165, 1.54) is 4.80 Å². The number of carbonyl (C=O) groups excluding carboxylic acids is 2. The number of amides is 2. The van der Waals surface area contributed by atoms with Crippen molar-refractivity contribution in [3.8, 4) is 17.1 Å². The van der Waals surface area contributed by atoms with Crippen LogP contribution in [0.15, 0.2) is 78.9 Å². The van der Waals surface area contributed by atoms with Crippen LogP contribution in [0.5, 0.6) is 5.75 Å². The van der Waals surface area contributed by atoms with E-state index >= 15 is 0 Å². The molecule has 0 unspecified atom stereocenters. The number of aromatic nitrogens is 4. The first-order valence-electron chi connectivity index (χ1n) is 10.4. The molecule has 2 N–H and O–H groups in total. The van der Waals surface area contributed by atoms with Gasteiger partial charge in [0.2, 0.25) is 11.7 Å². The van der Waals surface area contributed by atoms with Gasteiger partial charge in [0.25, 0.3) is 5.91 Å². The van der Waals surface area contributed by atoms with E-state index in [9.17, 15) is 9.59 Å². The molecule has 2 heterocycles. The Labute approximate surface area is 189 Å². The van der Waals surface area contributed by atoms with Gasteiger partial charge >= 0.3 is 0 Å². The van der Waals surface area contributed by atoms with E-state index in [1.807, 2.05) is 54.6 Å². The molecule has 0 bridgehead atoms. The molecule has 0 spiro atoms. The Morgan fingerprint density at radius 2 is 1.70 bits per heavy atom. The molecule has 4 aromatic rings. The van der Waals surface area contributed by atoms with Crippen LogP contribution in [0.25, 0.3) is 11.4 Å². The maximum Gasteiger partial charge on any atom is 0.251 e. The fourth-order valence-corrected chi connectivity index (χ4v) is 3.82. The highest BCUT2D eigenvalue weighted by Crippen LogP contribution is 2.39. The molecule has 2 amide bonds. The van der Waals surface area contributed by atoms with Gasteiger partial charge in [0, 0.05) is 11.1 Å². The molecule has 1 aromatic heterocycles. The molecule has 164 valence electrons. The molecule has 0 saturated carbocycles. The van der Waals surface area contributed by atoms with Gasteiger partial charge in [-0.15, -0.1) is 10.2 Å². The summed E-state index contributed by atoms with van der Waals surface area (Å²) in [6.45, 7) is 0.249. The van der Waals surface area contributed by atoms with E-state index in [0.717, 1.165) is 5.56 Å². The topological polar surface area (TPSA) is 116 Å². The summed E-state index contributed by atoms with van der Waals surface area (Å²) in [6, 6.07) is 23.5. The Morgan fingerprint density at radius 1 is 0.970 bits per heavy atom. The number of rotatable bonds is 5. The minimum atomic E-state index is -0.512. The summed E-state index contributed by atoms with van der Waals surface area (Å²) in [7, 11) is 0. The largest absolute Gasteiger partial charge is 0.489 e. The lowest BCUT2D eigenvalue weighted by Crippen LogP contribution is -2.43. The zero-order valence-corrected chi connectivity index (χ0v) is 17.5. The minimum Gasteiger partial charge on any atom is -0.489 e. The van der Waals surface area contributed by atoms with Gasteiger partial charge in [-0.05, 0) is 35.0 Å². The molecule has 33 heavy (non-hydrogen) atoms. The summed E-state index contributed by atoms with van der Waals surface area (Å²) in [5.41, 5.74) is 8.01. The van der Waals surface area contributed by atoms with E-state index in [2.05, 4.69) is 15.4 Å². The van der Waals surface area contributed by atoms with Crippen molar-refractivity contribution in [2.24, 2.45) is 5.73 Å². The molecule has 1 atom stereocenters. The third-order valence-electron chi connectivity index (χ3n) is 5.44. The fourth-order valence-electron chi connectivity index (χ4n) is 3.82. The van der Waals surface area contributed by atoms with Gasteiger partial charge in [0.15, 0.2) is 0 Å². The van der Waals surface area contributed by atoms with Crippen molar-refractivity contribution < 1.29 is 14.3 Å². The quantitative estimate of drug-likeness (QED) is 0.510. The number of nitrogens with zero attached hydrogens (tertiary/aromatic N) is 5. The normalized spacial score (nSPS) is 14.9. The maximum atomic E-state index is 13.5. The Balaban J connectivity index is 1.41. The lowest BCUT2D eigenvalue weighted by molar-refractivity contribution is -0.120. The Bertz CT molecular complexity index is 1300. The van der Waals surface area contributed by atoms with Crippen molar-refractivity contribution in [2.75, 3.05) is 11.5 Å². The minimum absolute atomic E-state index is 0.0932. The van der Waals surface area contributed by atoms with Crippen LogP contribution in [0, 0.1) is 0 Å².